The van der Waals surface area contributed by atoms with Crippen molar-refractivity contribution in [2.45, 2.75) is 6.61 Å². The highest BCUT2D eigenvalue weighted by molar-refractivity contribution is 7.07. The van der Waals surface area contributed by atoms with Crippen LogP contribution >= 0.6 is 11.3 Å². The predicted molar refractivity (Wildman–Crippen MR) is 120 cm³/mol. The summed E-state index contributed by atoms with van der Waals surface area (Å²) in [5.74, 6) is 0.0253. The molecule has 0 bridgehead atoms. The Balaban J connectivity index is 1.82. The first-order chi connectivity index (χ1) is 16.0. The Bertz CT molecular complexity index is 1350. The summed E-state index contributed by atoms with van der Waals surface area (Å²) in [7, 11) is 0. The van der Waals surface area contributed by atoms with Crippen LogP contribution in [0.5, 0.6) is 5.75 Å². The van der Waals surface area contributed by atoms with E-state index in [2.05, 4.69) is 19.8 Å². The number of thiazole rings is 1. The molecule has 166 valence electrons. The van der Waals surface area contributed by atoms with Crippen LogP contribution in [-0.4, -0.2) is 27.4 Å². The van der Waals surface area contributed by atoms with E-state index in [1.807, 2.05) is 6.07 Å². The standard InChI is InChI=1S/C22H15F2N5O3S/c23-21(24)32-17-10-8-15(9-11-17)20-14-33-22(27-18-6-1-2-7-19(18)29(30)31)28(20)26-13-16-5-3-4-12-25-16/h1-14,21H/b26-13-,27-22?. The Morgan fingerprint density at radius 3 is 2.55 bits per heavy atom. The van der Waals surface area contributed by atoms with E-state index in [-0.39, 0.29) is 17.1 Å². The molecule has 0 aliphatic rings. The van der Waals surface area contributed by atoms with Crippen molar-refractivity contribution in [3.8, 4) is 17.0 Å². The maximum atomic E-state index is 12.5. The number of rotatable bonds is 7. The Morgan fingerprint density at radius 1 is 1.09 bits per heavy atom. The van der Waals surface area contributed by atoms with Crippen molar-refractivity contribution in [2.75, 3.05) is 0 Å². The minimum absolute atomic E-state index is 0.0253. The van der Waals surface area contributed by atoms with Crippen LogP contribution in [0.15, 0.2) is 88.4 Å². The Labute approximate surface area is 189 Å². The quantitative estimate of drug-likeness (QED) is 0.211. The Kier molecular flexibility index (Phi) is 6.60. The van der Waals surface area contributed by atoms with Crippen LogP contribution in [0.3, 0.4) is 0 Å². The Hall–Kier alpha value is -4.25. The SMILES string of the molecule is O=[N+]([O-])c1ccccc1N=c1scc(-c2ccc(OC(F)F)cc2)n1/N=C\c1ccccn1. The van der Waals surface area contributed by atoms with Crippen LogP contribution < -0.4 is 9.54 Å². The molecule has 0 spiro atoms. The van der Waals surface area contributed by atoms with Crippen LogP contribution in [0.1, 0.15) is 5.69 Å². The fraction of sp³-hybridized carbons (Fsp3) is 0.0455. The van der Waals surface area contributed by atoms with Gasteiger partial charge in [-0.15, -0.1) is 11.3 Å². The Morgan fingerprint density at radius 2 is 1.85 bits per heavy atom. The summed E-state index contributed by atoms with van der Waals surface area (Å²) in [5, 5.41) is 17.6. The van der Waals surface area contributed by atoms with Gasteiger partial charge in [-0.1, -0.05) is 18.2 Å². The van der Waals surface area contributed by atoms with Gasteiger partial charge in [0.25, 0.3) is 5.69 Å². The molecule has 2 aromatic carbocycles. The second-order valence-corrected chi connectivity index (χ2v) is 7.31. The molecule has 2 heterocycles. The van der Waals surface area contributed by atoms with Gasteiger partial charge >= 0.3 is 6.61 Å². The molecule has 0 unspecified atom stereocenters. The minimum Gasteiger partial charge on any atom is -0.435 e. The number of para-hydroxylation sites is 2. The molecule has 0 saturated carbocycles. The molecule has 0 saturated heterocycles. The van der Waals surface area contributed by atoms with Crippen molar-refractivity contribution < 1.29 is 18.4 Å². The number of alkyl halides is 2. The monoisotopic (exact) mass is 467 g/mol. The average molecular weight is 467 g/mol. The number of pyridine rings is 1. The maximum Gasteiger partial charge on any atom is 0.387 e. The average Bonchev–Trinajstić information content (AvgIpc) is 3.21. The number of hydrogen-bond acceptors (Lipinski definition) is 7. The van der Waals surface area contributed by atoms with Crippen LogP contribution in [0.2, 0.25) is 0 Å². The third-order valence-corrected chi connectivity index (χ3v) is 5.16. The van der Waals surface area contributed by atoms with Gasteiger partial charge in [0.2, 0.25) is 4.80 Å². The van der Waals surface area contributed by atoms with E-state index in [1.54, 1.807) is 54.0 Å². The molecule has 11 heteroatoms. The summed E-state index contributed by atoms with van der Waals surface area (Å²) in [6.07, 6.45) is 3.16. The highest BCUT2D eigenvalue weighted by Crippen LogP contribution is 2.27. The van der Waals surface area contributed by atoms with E-state index in [1.165, 1.54) is 40.4 Å². The summed E-state index contributed by atoms with van der Waals surface area (Å²) < 4.78 is 30.8. The number of halogens is 2. The van der Waals surface area contributed by atoms with Gasteiger partial charge < -0.3 is 4.74 Å². The van der Waals surface area contributed by atoms with Gasteiger partial charge in [0.1, 0.15) is 11.4 Å². The molecule has 0 N–H and O–H groups in total. The first kappa shape index (κ1) is 22.0. The molecule has 2 aromatic heterocycles. The molecule has 4 rings (SSSR count). The van der Waals surface area contributed by atoms with Crippen molar-refractivity contribution in [1.82, 2.24) is 9.66 Å². The second-order valence-electron chi connectivity index (χ2n) is 6.48. The van der Waals surface area contributed by atoms with Crippen molar-refractivity contribution >= 4 is 28.9 Å². The summed E-state index contributed by atoms with van der Waals surface area (Å²) >= 11 is 1.22. The fourth-order valence-electron chi connectivity index (χ4n) is 2.88. The molecule has 0 radical (unpaired) electrons. The zero-order valence-electron chi connectivity index (χ0n) is 16.8. The van der Waals surface area contributed by atoms with E-state index in [0.717, 1.165) is 0 Å². The number of hydrogen-bond donors (Lipinski definition) is 0. The fourth-order valence-corrected chi connectivity index (χ4v) is 3.73. The largest absolute Gasteiger partial charge is 0.435 e. The van der Waals surface area contributed by atoms with Crippen molar-refractivity contribution in [2.24, 2.45) is 10.1 Å². The molecular weight excluding hydrogens is 452 g/mol. The van der Waals surface area contributed by atoms with Gasteiger partial charge in [-0.25, -0.2) is 9.67 Å². The molecule has 0 amide bonds. The van der Waals surface area contributed by atoms with Crippen LogP contribution in [0.25, 0.3) is 11.3 Å². The smallest absolute Gasteiger partial charge is 0.387 e. The molecule has 0 atom stereocenters. The van der Waals surface area contributed by atoms with Gasteiger partial charge in [-0.05, 0) is 42.5 Å². The topological polar surface area (TPSA) is 94.9 Å². The van der Waals surface area contributed by atoms with E-state index < -0.39 is 11.5 Å². The van der Waals surface area contributed by atoms with Crippen molar-refractivity contribution in [3.63, 3.8) is 0 Å². The highest BCUT2D eigenvalue weighted by Gasteiger charge is 2.14. The number of nitro benzene ring substituents is 1. The van der Waals surface area contributed by atoms with Gasteiger partial charge in [0, 0.05) is 23.2 Å². The van der Waals surface area contributed by atoms with Crippen molar-refractivity contribution in [1.29, 1.82) is 0 Å². The molecule has 0 aliphatic carbocycles. The summed E-state index contributed by atoms with van der Waals surface area (Å²) in [5.41, 5.74) is 1.90. The van der Waals surface area contributed by atoms with E-state index >= 15 is 0 Å². The van der Waals surface area contributed by atoms with E-state index in [4.69, 9.17) is 0 Å². The molecule has 4 aromatic rings. The van der Waals surface area contributed by atoms with Crippen molar-refractivity contribution in [3.05, 3.63) is 98.9 Å². The third-order valence-electron chi connectivity index (χ3n) is 4.35. The number of nitro groups is 1. The molecular formula is C22H15F2N5O3S. The molecule has 0 fully saturated rings. The van der Waals surface area contributed by atoms with Crippen LogP contribution in [0, 0.1) is 10.1 Å². The lowest BCUT2D eigenvalue weighted by atomic mass is 10.2. The molecule has 8 nitrogen and oxygen atoms in total. The number of nitrogens with zero attached hydrogens (tertiary/aromatic N) is 5. The lowest BCUT2D eigenvalue weighted by molar-refractivity contribution is -0.384. The zero-order valence-corrected chi connectivity index (χ0v) is 17.6. The zero-order chi connectivity index (χ0) is 23.2. The maximum absolute atomic E-state index is 12.5. The first-order valence-corrected chi connectivity index (χ1v) is 10.4. The van der Waals surface area contributed by atoms with Crippen LogP contribution in [-0.2, 0) is 0 Å². The number of benzene rings is 2. The highest BCUT2D eigenvalue weighted by atomic mass is 32.1. The van der Waals surface area contributed by atoms with Crippen LogP contribution in [0.4, 0.5) is 20.2 Å². The second kappa shape index (κ2) is 9.92. The summed E-state index contributed by atoms with van der Waals surface area (Å²) in [6.45, 7) is -2.92. The number of ether oxygens (including phenoxy) is 1. The number of aromatic nitrogens is 2. The lowest BCUT2D eigenvalue weighted by Gasteiger charge is -2.06. The van der Waals surface area contributed by atoms with Gasteiger partial charge in [-0.3, -0.25) is 15.1 Å². The summed E-state index contributed by atoms with van der Waals surface area (Å²) in [6, 6.07) is 17.6. The van der Waals surface area contributed by atoms with Gasteiger partial charge in [0.15, 0.2) is 0 Å². The third kappa shape index (κ3) is 5.33. The minimum atomic E-state index is -2.92. The predicted octanol–water partition coefficient (Wildman–Crippen LogP) is 5.24. The first-order valence-electron chi connectivity index (χ1n) is 9.50. The van der Waals surface area contributed by atoms with Gasteiger partial charge in [-0.2, -0.15) is 13.9 Å². The molecule has 0 aliphatic heterocycles. The van der Waals surface area contributed by atoms with Gasteiger partial charge in [0.05, 0.1) is 22.5 Å². The normalized spacial score (nSPS) is 11.9. The summed E-state index contributed by atoms with van der Waals surface area (Å²) in [4.78, 5) is 19.9. The van der Waals surface area contributed by atoms with E-state index in [0.29, 0.717) is 21.8 Å². The lowest BCUT2D eigenvalue weighted by Crippen LogP contribution is -2.12. The molecule has 33 heavy (non-hydrogen) atoms. The van der Waals surface area contributed by atoms with E-state index in [9.17, 15) is 18.9 Å².